The highest BCUT2D eigenvalue weighted by molar-refractivity contribution is 9.10. The van der Waals surface area contributed by atoms with E-state index in [1.165, 1.54) is 7.11 Å². The molecule has 0 aliphatic rings. The van der Waals surface area contributed by atoms with E-state index in [1.807, 2.05) is 43.4 Å². The van der Waals surface area contributed by atoms with Crippen LogP contribution in [-0.4, -0.2) is 27.8 Å². The summed E-state index contributed by atoms with van der Waals surface area (Å²) in [7, 11) is 3.21. The maximum Gasteiger partial charge on any atom is 0.337 e. The summed E-state index contributed by atoms with van der Waals surface area (Å²) in [5.41, 5.74) is 2.34. The number of halogens is 1. The van der Waals surface area contributed by atoms with Crippen LogP contribution in [0.1, 0.15) is 10.4 Å². The van der Waals surface area contributed by atoms with E-state index in [-0.39, 0.29) is 5.97 Å². The largest absolute Gasteiger partial charge is 0.465 e. The first kappa shape index (κ1) is 15.4. The van der Waals surface area contributed by atoms with Crippen LogP contribution in [0.15, 0.2) is 53.0 Å². The van der Waals surface area contributed by atoms with Crippen molar-refractivity contribution in [3.63, 3.8) is 0 Å². The summed E-state index contributed by atoms with van der Waals surface area (Å²) >= 11 is 3.41. The number of methoxy groups -OCH3 is 1. The van der Waals surface area contributed by atoms with Crippen molar-refractivity contribution < 1.29 is 9.53 Å². The Kier molecular flexibility index (Phi) is 4.25. The number of aromatic nitrogens is 3. The van der Waals surface area contributed by atoms with Gasteiger partial charge in [0.15, 0.2) is 11.6 Å². The van der Waals surface area contributed by atoms with Gasteiger partial charge in [-0.2, -0.15) is 5.10 Å². The fourth-order valence-electron chi connectivity index (χ4n) is 2.23. The highest BCUT2D eigenvalue weighted by Crippen LogP contribution is 2.23. The molecule has 0 radical (unpaired) electrons. The lowest BCUT2D eigenvalue weighted by Crippen LogP contribution is -2.01. The van der Waals surface area contributed by atoms with Gasteiger partial charge in [0.2, 0.25) is 0 Å². The summed E-state index contributed by atoms with van der Waals surface area (Å²) < 4.78 is 7.44. The number of carbonyl (C=O) groups excluding carboxylic acids is 1. The SMILES string of the molecule is COC(=O)c1ccc(-c2nc(-c3ccc(Br)cc3)nn2C)cc1. The van der Waals surface area contributed by atoms with Crippen LogP contribution >= 0.6 is 15.9 Å². The number of aryl methyl sites for hydroxylation is 1. The van der Waals surface area contributed by atoms with Gasteiger partial charge < -0.3 is 4.74 Å². The zero-order valence-electron chi connectivity index (χ0n) is 12.7. The monoisotopic (exact) mass is 371 g/mol. The molecule has 0 amide bonds. The quantitative estimate of drug-likeness (QED) is 0.658. The molecule has 0 unspecified atom stereocenters. The number of benzene rings is 2. The lowest BCUT2D eigenvalue weighted by molar-refractivity contribution is 0.0601. The first-order valence-corrected chi connectivity index (χ1v) is 7.73. The van der Waals surface area contributed by atoms with Gasteiger partial charge in [-0.1, -0.05) is 40.2 Å². The third kappa shape index (κ3) is 3.17. The number of nitrogens with zero attached hydrogens (tertiary/aromatic N) is 3. The Morgan fingerprint density at radius 3 is 2.26 bits per heavy atom. The van der Waals surface area contributed by atoms with Gasteiger partial charge in [0.1, 0.15) is 0 Å². The Morgan fingerprint density at radius 1 is 1.04 bits per heavy atom. The maximum absolute atomic E-state index is 11.5. The van der Waals surface area contributed by atoms with Crippen LogP contribution in [-0.2, 0) is 11.8 Å². The van der Waals surface area contributed by atoms with Crippen molar-refractivity contribution in [2.24, 2.45) is 7.05 Å². The minimum Gasteiger partial charge on any atom is -0.465 e. The van der Waals surface area contributed by atoms with Crippen molar-refractivity contribution in [2.45, 2.75) is 0 Å². The van der Waals surface area contributed by atoms with Crippen molar-refractivity contribution in [1.82, 2.24) is 14.8 Å². The molecule has 0 aliphatic carbocycles. The Labute approximate surface area is 142 Å². The summed E-state index contributed by atoms with van der Waals surface area (Å²) in [6.45, 7) is 0. The van der Waals surface area contributed by atoms with Gasteiger partial charge in [0.05, 0.1) is 12.7 Å². The Hall–Kier alpha value is -2.47. The number of rotatable bonds is 3. The van der Waals surface area contributed by atoms with Crippen molar-refractivity contribution in [1.29, 1.82) is 0 Å². The third-order valence-corrected chi connectivity index (χ3v) is 3.96. The molecule has 1 aromatic heterocycles. The van der Waals surface area contributed by atoms with Crippen molar-refractivity contribution >= 4 is 21.9 Å². The molecule has 0 bridgehead atoms. The van der Waals surface area contributed by atoms with Gasteiger partial charge in [-0.05, 0) is 24.3 Å². The number of esters is 1. The van der Waals surface area contributed by atoms with E-state index < -0.39 is 0 Å². The van der Waals surface area contributed by atoms with Crippen LogP contribution in [0.5, 0.6) is 0 Å². The second kappa shape index (κ2) is 6.34. The van der Waals surface area contributed by atoms with Gasteiger partial charge in [-0.3, -0.25) is 0 Å². The molecule has 0 fully saturated rings. The molecule has 0 saturated heterocycles. The van der Waals surface area contributed by atoms with Crippen molar-refractivity contribution in [2.75, 3.05) is 7.11 Å². The highest BCUT2D eigenvalue weighted by Gasteiger charge is 2.12. The summed E-state index contributed by atoms with van der Waals surface area (Å²) in [6.07, 6.45) is 0. The van der Waals surface area contributed by atoms with Crippen LogP contribution in [0.3, 0.4) is 0 Å². The average Bonchev–Trinajstić information content (AvgIpc) is 2.96. The predicted octanol–water partition coefficient (Wildman–Crippen LogP) is 3.70. The topological polar surface area (TPSA) is 57.0 Å². The van der Waals surface area contributed by atoms with Crippen molar-refractivity contribution in [3.8, 4) is 22.8 Å². The van der Waals surface area contributed by atoms with E-state index in [4.69, 9.17) is 4.74 Å². The van der Waals surface area contributed by atoms with E-state index in [1.54, 1.807) is 16.8 Å². The Morgan fingerprint density at radius 2 is 1.65 bits per heavy atom. The zero-order valence-corrected chi connectivity index (χ0v) is 14.2. The minimum absolute atomic E-state index is 0.356. The Balaban J connectivity index is 1.94. The maximum atomic E-state index is 11.5. The van der Waals surface area contributed by atoms with Crippen molar-refractivity contribution in [3.05, 3.63) is 58.6 Å². The smallest absolute Gasteiger partial charge is 0.337 e. The molecule has 3 aromatic rings. The molecule has 0 spiro atoms. The molecular weight excluding hydrogens is 358 g/mol. The molecule has 2 aromatic carbocycles. The molecule has 0 saturated carbocycles. The molecule has 0 N–H and O–H groups in total. The molecule has 3 rings (SSSR count). The average molecular weight is 372 g/mol. The van der Waals surface area contributed by atoms with E-state index in [0.29, 0.717) is 11.4 Å². The summed E-state index contributed by atoms with van der Waals surface area (Å²) in [5, 5.41) is 4.46. The zero-order chi connectivity index (χ0) is 16.4. The fraction of sp³-hybridized carbons (Fsp3) is 0.118. The van der Waals surface area contributed by atoms with Gasteiger partial charge >= 0.3 is 5.97 Å². The van der Waals surface area contributed by atoms with Gasteiger partial charge in [-0.25, -0.2) is 14.5 Å². The normalized spacial score (nSPS) is 10.6. The van der Waals surface area contributed by atoms with Crippen LogP contribution in [0.4, 0.5) is 0 Å². The lowest BCUT2D eigenvalue weighted by atomic mass is 10.1. The number of hydrogen-bond acceptors (Lipinski definition) is 4. The van der Waals surface area contributed by atoms with Crippen LogP contribution in [0, 0.1) is 0 Å². The standard InChI is InChI=1S/C17H14BrN3O2/c1-21-16(12-3-5-13(6-4-12)17(22)23-2)19-15(20-21)11-7-9-14(18)10-8-11/h3-10H,1-2H3. The summed E-state index contributed by atoms with van der Waals surface area (Å²) in [5.74, 6) is 1.04. The molecule has 1 heterocycles. The summed E-state index contributed by atoms with van der Waals surface area (Å²) in [4.78, 5) is 16.1. The molecule has 5 nitrogen and oxygen atoms in total. The first-order valence-electron chi connectivity index (χ1n) is 6.94. The molecule has 23 heavy (non-hydrogen) atoms. The molecule has 0 aliphatic heterocycles. The molecule has 6 heteroatoms. The highest BCUT2D eigenvalue weighted by atomic mass is 79.9. The minimum atomic E-state index is -0.356. The van der Waals surface area contributed by atoms with Gasteiger partial charge in [0, 0.05) is 22.6 Å². The lowest BCUT2D eigenvalue weighted by Gasteiger charge is -2.02. The first-order chi connectivity index (χ1) is 11.1. The van der Waals surface area contributed by atoms with Crippen LogP contribution in [0.2, 0.25) is 0 Å². The second-order valence-electron chi connectivity index (χ2n) is 4.96. The molecule has 0 atom stereocenters. The number of ether oxygens (including phenoxy) is 1. The van der Waals surface area contributed by atoms with E-state index in [0.717, 1.165) is 21.4 Å². The van der Waals surface area contributed by atoms with E-state index in [2.05, 4.69) is 26.0 Å². The van der Waals surface area contributed by atoms with Crippen LogP contribution < -0.4 is 0 Å². The molecular formula is C17H14BrN3O2. The van der Waals surface area contributed by atoms with Gasteiger partial charge in [0.25, 0.3) is 0 Å². The van der Waals surface area contributed by atoms with Crippen LogP contribution in [0.25, 0.3) is 22.8 Å². The number of carbonyl (C=O) groups is 1. The van der Waals surface area contributed by atoms with E-state index >= 15 is 0 Å². The van der Waals surface area contributed by atoms with Gasteiger partial charge in [-0.15, -0.1) is 0 Å². The number of hydrogen-bond donors (Lipinski definition) is 0. The Bertz CT molecular complexity index is 839. The summed E-state index contributed by atoms with van der Waals surface area (Å²) in [6, 6.07) is 14.9. The van der Waals surface area contributed by atoms with E-state index in [9.17, 15) is 4.79 Å². The molecule has 116 valence electrons. The fourth-order valence-corrected chi connectivity index (χ4v) is 2.49. The third-order valence-electron chi connectivity index (χ3n) is 3.43. The predicted molar refractivity (Wildman–Crippen MR) is 90.9 cm³/mol. The second-order valence-corrected chi connectivity index (χ2v) is 5.87.